The van der Waals surface area contributed by atoms with Crippen molar-refractivity contribution in [3.8, 4) is 0 Å². The van der Waals surface area contributed by atoms with E-state index < -0.39 is 11.9 Å². The minimum Gasteiger partial charge on any atom is -0.481 e. The molecule has 0 aromatic carbocycles. The van der Waals surface area contributed by atoms with Gasteiger partial charge in [0.15, 0.2) is 5.82 Å². The molecule has 0 radical (unpaired) electrons. The highest BCUT2D eigenvalue weighted by atomic mass is 16.4. The second-order valence-corrected chi connectivity index (χ2v) is 4.16. The van der Waals surface area contributed by atoms with Crippen LogP contribution in [0.15, 0.2) is 6.33 Å². The van der Waals surface area contributed by atoms with Crippen LogP contribution in [0.4, 0.5) is 0 Å². The highest BCUT2D eigenvalue weighted by Gasteiger charge is 2.33. The topological polar surface area (TPSA) is 88.3 Å². The van der Waals surface area contributed by atoms with E-state index in [1.54, 1.807) is 23.0 Å². The first kappa shape index (κ1) is 11.6. The second kappa shape index (κ2) is 4.52. The smallest absolute Gasteiger partial charge is 0.308 e. The third-order valence-corrected chi connectivity index (χ3v) is 2.82. The van der Waals surface area contributed by atoms with Crippen molar-refractivity contribution in [3.63, 3.8) is 0 Å². The number of hydrogen-bond acceptors (Lipinski definition) is 4. The fourth-order valence-electron chi connectivity index (χ4n) is 1.89. The number of aromatic nitrogens is 3. The second-order valence-electron chi connectivity index (χ2n) is 4.16. The standard InChI is InChI=1S/C10H14N4O3/c1-13-6-11-8(12-13)2-3-14-5-7(10(16)17)4-9(14)15/h6-7H,2-5H2,1H3,(H,16,17). The Hall–Kier alpha value is -1.92. The Balaban J connectivity index is 1.88. The summed E-state index contributed by atoms with van der Waals surface area (Å²) in [4.78, 5) is 27.9. The highest BCUT2D eigenvalue weighted by molar-refractivity contribution is 5.86. The number of hydrogen-bond donors (Lipinski definition) is 1. The zero-order chi connectivity index (χ0) is 12.4. The van der Waals surface area contributed by atoms with E-state index >= 15 is 0 Å². The van der Waals surface area contributed by atoms with Crippen LogP contribution in [-0.4, -0.2) is 49.7 Å². The molecular formula is C10H14N4O3. The van der Waals surface area contributed by atoms with E-state index in [0.29, 0.717) is 25.3 Å². The first-order chi connectivity index (χ1) is 8.06. The van der Waals surface area contributed by atoms with E-state index in [4.69, 9.17) is 5.11 Å². The van der Waals surface area contributed by atoms with Gasteiger partial charge in [0.1, 0.15) is 6.33 Å². The van der Waals surface area contributed by atoms with Crippen LogP contribution in [0.1, 0.15) is 12.2 Å². The summed E-state index contributed by atoms with van der Waals surface area (Å²) in [6, 6.07) is 0. The Kier molecular flexibility index (Phi) is 3.08. The van der Waals surface area contributed by atoms with Crippen molar-refractivity contribution in [2.45, 2.75) is 12.8 Å². The number of carboxylic acid groups (broad SMARTS) is 1. The zero-order valence-corrected chi connectivity index (χ0v) is 9.54. The summed E-state index contributed by atoms with van der Waals surface area (Å²) in [5.41, 5.74) is 0. The molecule has 7 nitrogen and oxygen atoms in total. The summed E-state index contributed by atoms with van der Waals surface area (Å²) in [6.45, 7) is 0.771. The van der Waals surface area contributed by atoms with Crippen LogP contribution in [0, 0.1) is 5.92 Å². The summed E-state index contributed by atoms with van der Waals surface area (Å²) < 4.78 is 1.60. The summed E-state index contributed by atoms with van der Waals surface area (Å²) >= 11 is 0. The zero-order valence-electron chi connectivity index (χ0n) is 9.54. The van der Waals surface area contributed by atoms with Crippen molar-refractivity contribution in [3.05, 3.63) is 12.2 Å². The maximum absolute atomic E-state index is 11.5. The predicted octanol–water partition coefficient (Wildman–Crippen LogP) is -0.709. The lowest BCUT2D eigenvalue weighted by molar-refractivity contribution is -0.141. The molecule has 1 saturated heterocycles. The van der Waals surface area contributed by atoms with E-state index in [1.165, 1.54) is 0 Å². The summed E-state index contributed by atoms with van der Waals surface area (Å²) in [5, 5.41) is 12.9. The van der Waals surface area contributed by atoms with Gasteiger partial charge >= 0.3 is 5.97 Å². The minimum atomic E-state index is -0.906. The molecule has 1 aromatic heterocycles. The monoisotopic (exact) mass is 238 g/mol. The van der Waals surface area contributed by atoms with Crippen molar-refractivity contribution in [2.24, 2.45) is 13.0 Å². The van der Waals surface area contributed by atoms with E-state index in [-0.39, 0.29) is 12.3 Å². The van der Waals surface area contributed by atoms with Crippen molar-refractivity contribution in [1.82, 2.24) is 19.7 Å². The van der Waals surface area contributed by atoms with Gasteiger partial charge in [0.2, 0.25) is 5.91 Å². The number of carboxylic acids is 1. The van der Waals surface area contributed by atoms with Crippen LogP contribution in [0.2, 0.25) is 0 Å². The van der Waals surface area contributed by atoms with E-state index in [9.17, 15) is 9.59 Å². The van der Waals surface area contributed by atoms with E-state index in [1.807, 2.05) is 0 Å². The van der Waals surface area contributed by atoms with Gasteiger partial charge in [-0.1, -0.05) is 0 Å². The summed E-state index contributed by atoms with van der Waals surface area (Å²) in [7, 11) is 1.78. The third-order valence-electron chi connectivity index (χ3n) is 2.82. The molecule has 0 bridgehead atoms. The van der Waals surface area contributed by atoms with Gasteiger partial charge in [-0.05, 0) is 0 Å². The fourth-order valence-corrected chi connectivity index (χ4v) is 1.89. The first-order valence-corrected chi connectivity index (χ1v) is 5.41. The van der Waals surface area contributed by atoms with Gasteiger partial charge in [0.05, 0.1) is 5.92 Å². The number of aryl methyl sites for hydroxylation is 1. The molecule has 0 spiro atoms. The number of likely N-dealkylation sites (tertiary alicyclic amines) is 1. The number of aliphatic carboxylic acids is 1. The maximum Gasteiger partial charge on any atom is 0.308 e. The Labute approximate surface area is 98.0 Å². The van der Waals surface area contributed by atoms with Crippen LogP contribution in [0.5, 0.6) is 0 Å². The summed E-state index contributed by atoms with van der Waals surface area (Å²) in [5.74, 6) is -0.914. The lowest BCUT2D eigenvalue weighted by Gasteiger charge is -2.14. The molecule has 1 unspecified atom stereocenters. The van der Waals surface area contributed by atoms with Gasteiger partial charge in [-0.3, -0.25) is 14.3 Å². The van der Waals surface area contributed by atoms with Crippen LogP contribution >= 0.6 is 0 Å². The fraction of sp³-hybridized carbons (Fsp3) is 0.600. The number of rotatable bonds is 4. The highest BCUT2D eigenvalue weighted by Crippen LogP contribution is 2.17. The number of carbonyl (C=O) groups excluding carboxylic acids is 1. The van der Waals surface area contributed by atoms with Crippen LogP contribution in [0.3, 0.4) is 0 Å². The van der Waals surface area contributed by atoms with Crippen molar-refractivity contribution in [1.29, 1.82) is 0 Å². The molecule has 0 saturated carbocycles. The number of carbonyl (C=O) groups is 2. The molecule has 2 rings (SSSR count). The Morgan fingerprint density at radius 3 is 2.94 bits per heavy atom. The third kappa shape index (κ3) is 2.61. The molecular weight excluding hydrogens is 224 g/mol. The Morgan fingerprint density at radius 2 is 2.41 bits per heavy atom. The van der Waals surface area contributed by atoms with Gasteiger partial charge in [-0.15, -0.1) is 0 Å². The largest absolute Gasteiger partial charge is 0.481 e. The SMILES string of the molecule is Cn1cnc(CCN2CC(C(=O)O)CC2=O)n1. The maximum atomic E-state index is 11.5. The Morgan fingerprint density at radius 1 is 1.65 bits per heavy atom. The van der Waals surface area contributed by atoms with Gasteiger partial charge in [-0.25, -0.2) is 4.98 Å². The molecule has 1 amide bonds. The van der Waals surface area contributed by atoms with Crippen LogP contribution in [0.25, 0.3) is 0 Å². The molecule has 92 valence electrons. The molecule has 0 aliphatic carbocycles. The van der Waals surface area contributed by atoms with E-state index in [2.05, 4.69) is 10.1 Å². The van der Waals surface area contributed by atoms with Gasteiger partial charge < -0.3 is 10.0 Å². The number of nitrogens with zero attached hydrogens (tertiary/aromatic N) is 4. The molecule has 1 N–H and O–H groups in total. The van der Waals surface area contributed by atoms with Crippen LogP contribution < -0.4 is 0 Å². The van der Waals surface area contributed by atoms with Crippen LogP contribution in [-0.2, 0) is 23.1 Å². The first-order valence-electron chi connectivity index (χ1n) is 5.41. The van der Waals surface area contributed by atoms with Gasteiger partial charge in [0.25, 0.3) is 0 Å². The van der Waals surface area contributed by atoms with E-state index in [0.717, 1.165) is 0 Å². The Bertz CT molecular complexity index is 443. The molecule has 7 heteroatoms. The van der Waals surface area contributed by atoms with Crippen molar-refractivity contribution >= 4 is 11.9 Å². The van der Waals surface area contributed by atoms with Crippen molar-refractivity contribution < 1.29 is 14.7 Å². The average Bonchev–Trinajstić information content (AvgIpc) is 2.82. The minimum absolute atomic E-state index is 0.102. The molecule has 1 fully saturated rings. The molecule has 1 atom stereocenters. The molecule has 1 aromatic rings. The molecule has 1 aliphatic rings. The number of amides is 1. The van der Waals surface area contributed by atoms with Gasteiger partial charge in [-0.2, -0.15) is 5.10 Å². The summed E-state index contributed by atoms with van der Waals surface area (Å²) in [6.07, 6.45) is 2.26. The average molecular weight is 238 g/mol. The lowest BCUT2D eigenvalue weighted by atomic mass is 10.1. The quantitative estimate of drug-likeness (QED) is 0.748. The van der Waals surface area contributed by atoms with Crippen molar-refractivity contribution in [2.75, 3.05) is 13.1 Å². The molecule has 2 heterocycles. The molecule has 1 aliphatic heterocycles. The molecule has 17 heavy (non-hydrogen) atoms. The lowest BCUT2D eigenvalue weighted by Crippen LogP contribution is -2.28. The normalized spacial score (nSPS) is 19.9. The van der Waals surface area contributed by atoms with Gasteiger partial charge in [0, 0.05) is 33.0 Å². The predicted molar refractivity (Wildman–Crippen MR) is 57.0 cm³/mol.